The standard InChI is InChI=1S/C4H11O3Si/c1-2-3-4-8(5,6)7/h5-7H,1-4H2. The molecule has 3 nitrogen and oxygen atoms in total. The first-order valence-corrected chi connectivity index (χ1v) is 4.57. The van der Waals surface area contributed by atoms with Crippen LogP contribution in [0.3, 0.4) is 0 Å². The monoisotopic (exact) mass is 135 g/mol. The van der Waals surface area contributed by atoms with Gasteiger partial charge in [0.05, 0.1) is 0 Å². The molecule has 0 aliphatic rings. The van der Waals surface area contributed by atoms with Crippen molar-refractivity contribution in [3.05, 3.63) is 6.92 Å². The Morgan fingerprint density at radius 2 is 1.75 bits per heavy atom. The third kappa shape index (κ3) is 6.10. The van der Waals surface area contributed by atoms with Gasteiger partial charge >= 0.3 is 8.80 Å². The molecule has 49 valence electrons. The summed E-state index contributed by atoms with van der Waals surface area (Å²) in [6, 6.07) is 0.108. The zero-order valence-corrected chi connectivity index (χ0v) is 5.67. The fraction of sp³-hybridized carbons (Fsp3) is 0.750. The van der Waals surface area contributed by atoms with Gasteiger partial charge in [0, 0.05) is 6.04 Å². The van der Waals surface area contributed by atoms with Gasteiger partial charge in [-0.1, -0.05) is 13.3 Å². The van der Waals surface area contributed by atoms with E-state index in [-0.39, 0.29) is 6.04 Å². The second-order valence-electron chi connectivity index (χ2n) is 1.73. The van der Waals surface area contributed by atoms with Crippen molar-refractivity contribution in [3.8, 4) is 0 Å². The van der Waals surface area contributed by atoms with Crippen LogP contribution in [-0.4, -0.2) is 23.2 Å². The summed E-state index contributed by atoms with van der Waals surface area (Å²) in [6.45, 7) is 3.48. The lowest BCUT2D eigenvalue weighted by Gasteiger charge is -2.06. The van der Waals surface area contributed by atoms with Crippen molar-refractivity contribution in [1.29, 1.82) is 0 Å². The third-order valence-corrected chi connectivity index (χ3v) is 1.79. The minimum absolute atomic E-state index is 0.108. The minimum atomic E-state index is -3.72. The molecule has 0 atom stereocenters. The van der Waals surface area contributed by atoms with Crippen molar-refractivity contribution < 1.29 is 14.4 Å². The number of unbranched alkanes of at least 4 members (excludes halogenated alkanes) is 1. The molecule has 0 rings (SSSR count). The highest BCUT2D eigenvalue weighted by molar-refractivity contribution is 6.56. The second-order valence-corrected chi connectivity index (χ2v) is 3.78. The first kappa shape index (κ1) is 8.10. The summed E-state index contributed by atoms with van der Waals surface area (Å²) in [5.41, 5.74) is 0. The van der Waals surface area contributed by atoms with E-state index >= 15 is 0 Å². The number of hydrogen-bond acceptors (Lipinski definition) is 3. The summed E-state index contributed by atoms with van der Waals surface area (Å²) in [5, 5.41) is 0. The maximum Gasteiger partial charge on any atom is 0.492 e. The molecule has 3 N–H and O–H groups in total. The van der Waals surface area contributed by atoms with Gasteiger partial charge in [-0.3, -0.25) is 0 Å². The maximum absolute atomic E-state index is 8.37. The summed E-state index contributed by atoms with van der Waals surface area (Å²) in [5.74, 6) is 0. The molecule has 4 heteroatoms. The van der Waals surface area contributed by atoms with Crippen LogP contribution in [0, 0.1) is 6.92 Å². The van der Waals surface area contributed by atoms with Crippen LogP contribution in [0.1, 0.15) is 12.8 Å². The molecule has 0 aromatic rings. The van der Waals surface area contributed by atoms with Crippen molar-refractivity contribution in [3.63, 3.8) is 0 Å². The molecule has 0 aromatic carbocycles. The van der Waals surface area contributed by atoms with Gasteiger partial charge in [0.1, 0.15) is 0 Å². The molecule has 0 amide bonds. The Bertz CT molecular complexity index is 58.8. The molecular weight excluding hydrogens is 124 g/mol. The van der Waals surface area contributed by atoms with E-state index in [4.69, 9.17) is 14.4 Å². The Kier molecular flexibility index (Phi) is 3.23. The van der Waals surface area contributed by atoms with E-state index in [1.165, 1.54) is 0 Å². The highest BCUT2D eigenvalue weighted by atomic mass is 28.4. The average Bonchev–Trinajstić information content (AvgIpc) is 1.59. The van der Waals surface area contributed by atoms with Gasteiger partial charge in [0.15, 0.2) is 0 Å². The normalized spacial score (nSPS) is 12.0. The van der Waals surface area contributed by atoms with Crippen molar-refractivity contribution in [2.24, 2.45) is 0 Å². The first-order valence-electron chi connectivity index (χ1n) is 2.52. The molecule has 0 fully saturated rings. The van der Waals surface area contributed by atoms with E-state index in [0.717, 1.165) is 0 Å². The topological polar surface area (TPSA) is 60.7 Å². The zero-order chi connectivity index (χ0) is 6.62. The maximum atomic E-state index is 8.37. The van der Waals surface area contributed by atoms with Crippen LogP contribution in [0.5, 0.6) is 0 Å². The fourth-order valence-electron chi connectivity index (χ4n) is 0.362. The quantitative estimate of drug-likeness (QED) is 0.458. The molecule has 0 aliphatic carbocycles. The second kappa shape index (κ2) is 3.19. The lowest BCUT2D eigenvalue weighted by atomic mass is 10.4. The van der Waals surface area contributed by atoms with Crippen LogP contribution in [0.25, 0.3) is 0 Å². The van der Waals surface area contributed by atoms with Gasteiger partial charge in [-0.15, -0.1) is 0 Å². The summed E-state index contributed by atoms with van der Waals surface area (Å²) in [4.78, 5) is 25.1. The van der Waals surface area contributed by atoms with E-state index in [0.29, 0.717) is 12.8 Å². The van der Waals surface area contributed by atoms with Crippen molar-refractivity contribution in [2.45, 2.75) is 18.9 Å². The largest absolute Gasteiger partial charge is 0.492 e. The average molecular weight is 135 g/mol. The van der Waals surface area contributed by atoms with Crippen LogP contribution >= 0.6 is 0 Å². The Labute approximate surface area is 50.0 Å². The summed E-state index contributed by atoms with van der Waals surface area (Å²) < 4.78 is 0. The number of rotatable bonds is 3. The minimum Gasteiger partial charge on any atom is -0.390 e. The van der Waals surface area contributed by atoms with Crippen LogP contribution in [0.2, 0.25) is 6.04 Å². The molecule has 0 heterocycles. The van der Waals surface area contributed by atoms with E-state index < -0.39 is 8.80 Å². The summed E-state index contributed by atoms with van der Waals surface area (Å²) in [6.07, 6.45) is 1.21. The molecular formula is C4H11O3Si. The Hall–Kier alpha value is 0.0969. The molecule has 8 heavy (non-hydrogen) atoms. The third-order valence-electron chi connectivity index (χ3n) is 0.762. The van der Waals surface area contributed by atoms with Crippen LogP contribution in [0.15, 0.2) is 0 Å². The molecule has 0 saturated carbocycles. The van der Waals surface area contributed by atoms with Crippen molar-refractivity contribution in [1.82, 2.24) is 0 Å². The predicted molar refractivity (Wildman–Crippen MR) is 31.8 cm³/mol. The van der Waals surface area contributed by atoms with E-state index in [2.05, 4.69) is 6.92 Å². The molecule has 0 spiro atoms. The molecule has 0 unspecified atom stereocenters. The fourth-order valence-corrected chi connectivity index (χ4v) is 1.09. The molecule has 1 radical (unpaired) electrons. The van der Waals surface area contributed by atoms with E-state index in [1.54, 1.807) is 0 Å². The van der Waals surface area contributed by atoms with Crippen LogP contribution in [-0.2, 0) is 0 Å². The van der Waals surface area contributed by atoms with Gasteiger partial charge in [-0.25, -0.2) is 0 Å². The van der Waals surface area contributed by atoms with Crippen molar-refractivity contribution in [2.75, 3.05) is 0 Å². The molecule has 0 aromatic heterocycles. The molecule has 0 bridgehead atoms. The highest BCUT2D eigenvalue weighted by Gasteiger charge is 2.24. The van der Waals surface area contributed by atoms with Gasteiger partial charge in [-0.05, 0) is 6.42 Å². The highest BCUT2D eigenvalue weighted by Crippen LogP contribution is 2.02. The van der Waals surface area contributed by atoms with E-state index in [9.17, 15) is 0 Å². The lowest BCUT2D eigenvalue weighted by molar-refractivity contribution is 0.226. The van der Waals surface area contributed by atoms with E-state index in [1.807, 2.05) is 0 Å². The molecule has 0 aliphatic heterocycles. The van der Waals surface area contributed by atoms with Gasteiger partial charge in [0.25, 0.3) is 0 Å². The smallest absolute Gasteiger partial charge is 0.390 e. The first-order chi connectivity index (χ1) is 3.56. The Morgan fingerprint density at radius 3 is 1.88 bits per heavy atom. The van der Waals surface area contributed by atoms with Gasteiger partial charge < -0.3 is 14.4 Å². The van der Waals surface area contributed by atoms with Crippen molar-refractivity contribution >= 4 is 8.80 Å². The predicted octanol–water partition coefficient (Wildman–Crippen LogP) is -0.484. The summed E-state index contributed by atoms with van der Waals surface area (Å²) >= 11 is 0. The number of hydrogen-bond donors (Lipinski definition) is 3. The molecule has 0 saturated heterocycles. The van der Waals surface area contributed by atoms with Crippen LogP contribution in [0.4, 0.5) is 0 Å². The van der Waals surface area contributed by atoms with Gasteiger partial charge in [0.2, 0.25) is 0 Å². The zero-order valence-electron chi connectivity index (χ0n) is 4.67. The SMILES string of the molecule is [CH2]CCC[Si](O)(O)O. The van der Waals surface area contributed by atoms with Gasteiger partial charge in [-0.2, -0.15) is 0 Å². The summed E-state index contributed by atoms with van der Waals surface area (Å²) in [7, 11) is -3.72. The Balaban J connectivity index is 3.11. The lowest BCUT2D eigenvalue weighted by Crippen LogP contribution is -2.33. The Morgan fingerprint density at radius 1 is 1.25 bits per heavy atom. The van der Waals surface area contributed by atoms with Crippen LogP contribution < -0.4 is 0 Å².